The molecule has 0 radical (unpaired) electrons. The maximum absolute atomic E-state index is 12.9. The van der Waals surface area contributed by atoms with Crippen LogP contribution < -0.4 is 10.1 Å². The second-order valence-electron chi connectivity index (χ2n) is 8.50. The number of rotatable bonds is 7. The number of carbonyl (C=O) groups excluding carboxylic acids is 1. The molecule has 2 N–H and O–H groups in total. The fourth-order valence-corrected chi connectivity index (χ4v) is 5.02. The molecule has 1 aromatic heterocycles. The van der Waals surface area contributed by atoms with Crippen LogP contribution in [0.1, 0.15) is 40.9 Å². The van der Waals surface area contributed by atoms with Gasteiger partial charge in [0.15, 0.2) is 17.2 Å². The molecule has 0 saturated heterocycles. The summed E-state index contributed by atoms with van der Waals surface area (Å²) in [5.74, 6) is 0.340. The number of alkyl halides is 3. The van der Waals surface area contributed by atoms with Crippen molar-refractivity contribution >= 4 is 5.91 Å². The zero-order chi connectivity index (χ0) is 22.9. The van der Waals surface area contributed by atoms with Gasteiger partial charge in [-0.1, -0.05) is 12.1 Å². The quantitative estimate of drug-likeness (QED) is 0.662. The van der Waals surface area contributed by atoms with E-state index in [0.29, 0.717) is 18.1 Å². The first-order valence-corrected chi connectivity index (χ1v) is 10.5. The van der Waals surface area contributed by atoms with Crippen molar-refractivity contribution in [3.8, 4) is 11.5 Å². The van der Waals surface area contributed by atoms with E-state index in [2.05, 4.69) is 10.3 Å². The third-order valence-corrected chi connectivity index (χ3v) is 6.44. The van der Waals surface area contributed by atoms with E-state index in [1.807, 2.05) is 0 Å². The van der Waals surface area contributed by atoms with Gasteiger partial charge in [-0.05, 0) is 54.7 Å². The van der Waals surface area contributed by atoms with Crippen LogP contribution in [0.5, 0.6) is 11.5 Å². The number of carbonyl (C=O) groups is 1. The molecule has 2 aliphatic carbocycles. The van der Waals surface area contributed by atoms with Crippen molar-refractivity contribution in [2.24, 2.45) is 17.8 Å². The molecule has 2 fully saturated rings. The van der Waals surface area contributed by atoms with Crippen molar-refractivity contribution in [3.05, 3.63) is 53.3 Å². The number of fused-ring (bicyclic) bond motifs is 2. The van der Waals surface area contributed by atoms with Crippen LogP contribution in [0.25, 0.3) is 0 Å². The Bertz CT molecular complexity index is 982. The second-order valence-corrected chi connectivity index (χ2v) is 8.50. The Kier molecular flexibility index (Phi) is 6.28. The summed E-state index contributed by atoms with van der Waals surface area (Å²) in [6.45, 7) is 0.531. The molecule has 4 atom stereocenters. The summed E-state index contributed by atoms with van der Waals surface area (Å²) in [6.07, 6.45) is -0.176. The van der Waals surface area contributed by atoms with Crippen LogP contribution in [0.3, 0.4) is 0 Å². The van der Waals surface area contributed by atoms with Crippen LogP contribution in [0, 0.1) is 17.8 Å². The van der Waals surface area contributed by atoms with Crippen molar-refractivity contribution in [3.63, 3.8) is 0 Å². The van der Waals surface area contributed by atoms with Gasteiger partial charge in [0.25, 0.3) is 5.91 Å². The van der Waals surface area contributed by atoms with E-state index in [-0.39, 0.29) is 41.7 Å². The Balaban J connectivity index is 1.33. The third kappa shape index (κ3) is 4.67. The van der Waals surface area contributed by atoms with Crippen molar-refractivity contribution in [2.75, 3.05) is 13.7 Å². The molecule has 2 aliphatic rings. The van der Waals surface area contributed by atoms with Gasteiger partial charge < -0.3 is 19.9 Å². The van der Waals surface area contributed by atoms with Crippen molar-refractivity contribution in [1.29, 1.82) is 0 Å². The number of aromatic nitrogens is 1. The van der Waals surface area contributed by atoms with Crippen LogP contribution in [-0.4, -0.2) is 35.8 Å². The molecule has 1 amide bonds. The van der Waals surface area contributed by atoms with Crippen LogP contribution in [0.4, 0.5) is 13.2 Å². The first-order valence-electron chi connectivity index (χ1n) is 10.5. The Hall–Kier alpha value is -2.81. The fraction of sp³-hybridized carbons (Fsp3) is 0.478. The second kappa shape index (κ2) is 8.97. The van der Waals surface area contributed by atoms with Crippen molar-refractivity contribution in [1.82, 2.24) is 10.3 Å². The molecular weight excluding hydrogens is 425 g/mol. The maximum Gasteiger partial charge on any atom is 0.416 e. The van der Waals surface area contributed by atoms with E-state index in [4.69, 9.17) is 9.47 Å². The van der Waals surface area contributed by atoms with Gasteiger partial charge in [-0.15, -0.1) is 0 Å². The topological polar surface area (TPSA) is 80.7 Å². The van der Waals surface area contributed by atoms with Crippen molar-refractivity contribution < 1.29 is 32.5 Å². The van der Waals surface area contributed by atoms with E-state index in [0.717, 1.165) is 31.4 Å². The van der Waals surface area contributed by atoms with E-state index in [1.165, 1.54) is 25.4 Å². The van der Waals surface area contributed by atoms with Crippen LogP contribution in [0.15, 0.2) is 36.5 Å². The fourth-order valence-electron chi connectivity index (χ4n) is 5.02. The number of benzene rings is 1. The van der Waals surface area contributed by atoms with Crippen molar-refractivity contribution in [2.45, 2.75) is 38.1 Å². The first kappa shape index (κ1) is 22.4. The van der Waals surface area contributed by atoms with Crippen LogP contribution >= 0.6 is 0 Å². The van der Waals surface area contributed by atoms with Gasteiger partial charge in [-0.25, -0.2) is 4.98 Å². The zero-order valence-corrected chi connectivity index (χ0v) is 17.6. The smallest absolute Gasteiger partial charge is 0.416 e. The number of amides is 1. The Labute approximate surface area is 183 Å². The molecule has 0 aliphatic heterocycles. The Morgan fingerprint density at radius 1 is 1.25 bits per heavy atom. The monoisotopic (exact) mass is 450 g/mol. The SMILES string of the molecule is COc1ccnc(C(=O)NC2CC3CC2[C@@H](COCc2cccc(C(F)(F)F)c2)C3)c1O. The highest BCUT2D eigenvalue weighted by Gasteiger charge is 2.46. The molecule has 9 heteroatoms. The number of nitrogens with one attached hydrogen (secondary N) is 1. The average molecular weight is 450 g/mol. The molecule has 1 aromatic carbocycles. The predicted octanol–water partition coefficient (Wildman–Crippen LogP) is 4.18. The minimum absolute atomic E-state index is 0.0594. The van der Waals surface area contributed by atoms with Gasteiger partial charge in [-0.2, -0.15) is 13.2 Å². The summed E-state index contributed by atoms with van der Waals surface area (Å²) >= 11 is 0. The average Bonchev–Trinajstić information content (AvgIpc) is 3.33. The lowest BCUT2D eigenvalue weighted by molar-refractivity contribution is -0.137. The summed E-state index contributed by atoms with van der Waals surface area (Å²) in [4.78, 5) is 16.6. The number of aromatic hydroxyl groups is 1. The summed E-state index contributed by atoms with van der Waals surface area (Å²) in [5, 5.41) is 13.2. The van der Waals surface area contributed by atoms with Crippen LogP contribution in [-0.2, 0) is 17.5 Å². The number of nitrogens with zero attached hydrogens (tertiary/aromatic N) is 1. The highest BCUT2D eigenvalue weighted by molar-refractivity contribution is 5.95. The molecule has 6 nitrogen and oxygen atoms in total. The van der Waals surface area contributed by atoms with Gasteiger partial charge in [-0.3, -0.25) is 4.79 Å². The Morgan fingerprint density at radius 2 is 2.06 bits per heavy atom. The lowest BCUT2D eigenvalue weighted by atomic mass is 9.85. The lowest BCUT2D eigenvalue weighted by Crippen LogP contribution is -2.42. The molecular formula is C23H25F3N2O4. The van der Waals surface area contributed by atoms with E-state index in [9.17, 15) is 23.1 Å². The first-order chi connectivity index (χ1) is 15.3. The van der Waals surface area contributed by atoms with Crippen LogP contribution in [0.2, 0.25) is 0 Å². The molecule has 2 saturated carbocycles. The van der Waals surface area contributed by atoms with Gasteiger partial charge in [0.2, 0.25) is 0 Å². The number of hydrogen-bond acceptors (Lipinski definition) is 5. The summed E-state index contributed by atoms with van der Waals surface area (Å²) in [7, 11) is 1.40. The highest BCUT2D eigenvalue weighted by atomic mass is 19.4. The predicted molar refractivity (Wildman–Crippen MR) is 109 cm³/mol. The van der Waals surface area contributed by atoms with E-state index >= 15 is 0 Å². The molecule has 2 aromatic rings. The molecule has 2 bridgehead atoms. The number of ether oxygens (including phenoxy) is 2. The lowest BCUT2D eigenvalue weighted by Gasteiger charge is -2.30. The summed E-state index contributed by atoms with van der Waals surface area (Å²) in [6, 6.07) is 6.57. The van der Waals surface area contributed by atoms with Gasteiger partial charge in [0, 0.05) is 18.3 Å². The molecule has 0 spiro atoms. The minimum atomic E-state index is -4.38. The minimum Gasteiger partial charge on any atom is -0.503 e. The molecule has 4 rings (SSSR count). The number of methoxy groups -OCH3 is 1. The summed E-state index contributed by atoms with van der Waals surface area (Å²) < 4.78 is 49.4. The number of halogens is 3. The zero-order valence-electron chi connectivity index (χ0n) is 17.6. The molecule has 3 unspecified atom stereocenters. The standard InChI is InChI=1S/C23H25F3N2O4/c1-31-19-5-6-27-20(21(19)29)22(30)28-18-10-14-7-15(17(18)9-14)12-32-11-13-3-2-4-16(8-13)23(24,25)26/h2-6,8,14-15,17-18,29H,7,9-12H2,1H3,(H,28,30)/t14?,15-,17?,18?/m1/s1. The van der Waals surface area contributed by atoms with Gasteiger partial charge in [0.1, 0.15) is 0 Å². The molecule has 172 valence electrons. The van der Waals surface area contributed by atoms with E-state index in [1.54, 1.807) is 6.07 Å². The normalized spacial score (nSPS) is 24.5. The van der Waals surface area contributed by atoms with Gasteiger partial charge in [0.05, 0.1) is 25.9 Å². The largest absolute Gasteiger partial charge is 0.503 e. The van der Waals surface area contributed by atoms with E-state index < -0.39 is 17.6 Å². The number of hydrogen-bond donors (Lipinski definition) is 2. The Morgan fingerprint density at radius 3 is 2.78 bits per heavy atom. The highest BCUT2D eigenvalue weighted by Crippen LogP contribution is 2.48. The van der Waals surface area contributed by atoms with Gasteiger partial charge >= 0.3 is 6.18 Å². The summed E-state index contributed by atoms with van der Waals surface area (Å²) in [5.41, 5.74) is -0.285. The number of pyridine rings is 1. The maximum atomic E-state index is 12.9. The molecule has 32 heavy (non-hydrogen) atoms. The third-order valence-electron chi connectivity index (χ3n) is 6.44. The molecule has 1 heterocycles.